The van der Waals surface area contributed by atoms with Crippen LogP contribution in [-0.4, -0.2) is 59.6 Å². The lowest BCUT2D eigenvalue weighted by molar-refractivity contribution is -0.132. The highest BCUT2D eigenvalue weighted by molar-refractivity contribution is 6.04. The van der Waals surface area contributed by atoms with Gasteiger partial charge in [0.25, 0.3) is 12.3 Å². The number of hydrogen-bond acceptors (Lipinski definition) is 9. The zero-order chi connectivity index (χ0) is 42.5. The summed E-state index contributed by atoms with van der Waals surface area (Å²) in [6, 6.07) is 16.3. The van der Waals surface area contributed by atoms with E-state index in [9.17, 15) is 28.0 Å². The lowest BCUT2D eigenvalue weighted by Crippen LogP contribution is -2.34. The topological polar surface area (TPSA) is 156 Å². The minimum absolute atomic E-state index is 0.0432. The summed E-state index contributed by atoms with van der Waals surface area (Å²) in [5.41, 5.74) is 4.89. The molecule has 1 atom stereocenters. The molecule has 1 unspecified atom stereocenters. The van der Waals surface area contributed by atoms with Crippen LogP contribution >= 0.6 is 0 Å². The number of ether oxygens (including phenoxy) is 1. The number of nitrogens with zero attached hydrogens (tertiary/aromatic N) is 6. The molecule has 4 aromatic heterocycles. The molecule has 2 aromatic carbocycles. The third-order valence-corrected chi connectivity index (χ3v) is 11.6. The molecule has 2 aliphatic rings. The van der Waals surface area contributed by atoms with Gasteiger partial charge in [-0.2, -0.15) is 5.10 Å². The number of fused-ring (bicyclic) bond motifs is 1. The Balaban J connectivity index is 0.773. The molecule has 0 bridgehead atoms. The van der Waals surface area contributed by atoms with E-state index in [4.69, 9.17) is 9.15 Å². The molecule has 0 aliphatic heterocycles. The zero-order valence-electron chi connectivity index (χ0n) is 34.2. The number of alkyl halides is 2. The van der Waals surface area contributed by atoms with E-state index in [2.05, 4.69) is 20.4 Å². The average molecular weight is 834 g/mol. The maximum Gasteiger partial charge on any atom is 0.329 e. The van der Waals surface area contributed by atoms with E-state index < -0.39 is 24.1 Å². The van der Waals surface area contributed by atoms with Crippen molar-refractivity contribution in [3.8, 4) is 17.1 Å². The number of aromatic nitrogens is 6. The molecule has 2 saturated carbocycles. The highest BCUT2D eigenvalue weighted by atomic mass is 19.3. The van der Waals surface area contributed by atoms with Crippen molar-refractivity contribution in [2.45, 2.75) is 95.9 Å². The predicted octanol–water partition coefficient (Wildman–Crippen LogP) is 8.33. The number of unbranched alkanes of at least 4 members (excludes halogenated alkanes) is 2. The van der Waals surface area contributed by atoms with Gasteiger partial charge in [0.15, 0.2) is 17.2 Å². The van der Waals surface area contributed by atoms with Crippen molar-refractivity contribution in [1.29, 1.82) is 0 Å². The van der Waals surface area contributed by atoms with Crippen molar-refractivity contribution in [1.82, 2.24) is 28.9 Å². The van der Waals surface area contributed by atoms with E-state index in [1.54, 1.807) is 28.4 Å². The monoisotopic (exact) mass is 833 g/mol. The van der Waals surface area contributed by atoms with Crippen LogP contribution in [0.2, 0.25) is 0 Å². The Morgan fingerprint density at radius 2 is 1.79 bits per heavy atom. The van der Waals surface area contributed by atoms with Gasteiger partial charge in [-0.25, -0.2) is 23.2 Å². The van der Waals surface area contributed by atoms with Crippen LogP contribution in [0.4, 0.5) is 14.5 Å². The third-order valence-electron chi connectivity index (χ3n) is 11.6. The summed E-state index contributed by atoms with van der Waals surface area (Å²) < 4.78 is 44.1. The maximum atomic E-state index is 14.1. The number of oxazole rings is 1. The summed E-state index contributed by atoms with van der Waals surface area (Å²) in [6.45, 7) is 1.21. The minimum atomic E-state index is -2.92. The molecule has 0 saturated heterocycles. The van der Waals surface area contributed by atoms with E-state index >= 15 is 0 Å². The van der Waals surface area contributed by atoms with Gasteiger partial charge in [-0.15, -0.1) is 0 Å². The normalized spacial score (nSPS) is 15.6. The first-order valence-corrected chi connectivity index (χ1v) is 21.1. The highest BCUT2D eigenvalue weighted by Gasteiger charge is 2.32. The SMILES string of the molecule is Cn1c(=O)n(C2CCC(=O)CC2=O)c2cccc(CCCOCCCCCc3ccc(-n4cc(NC(=O)c5coc(-c6ccnc(CCC7CC7)c6)n5)c(C(F)F)n4)cc3)c21. The van der Waals surface area contributed by atoms with Crippen molar-refractivity contribution in [3.05, 3.63) is 112 Å². The molecule has 6 aromatic rings. The van der Waals surface area contributed by atoms with E-state index in [0.717, 1.165) is 85.1 Å². The molecule has 61 heavy (non-hydrogen) atoms. The summed E-state index contributed by atoms with van der Waals surface area (Å²) in [5, 5.41) is 6.62. The van der Waals surface area contributed by atoms with Crippen LogP contribution in [-0.2, 0) is 40.6 Å². The summed E-state index contributed by atoms with van der Waals surface area (Å²) in [6.07, 6.45) is 11.5. The number of carbonyl (C=O) groups excluding carboxylic acids is 3. The first-order chi connectivity index (χ1) is 29.6. The largest absolute Gasteiger partial charge is 0.444 e. The van der Waals surface area contributed by atoms with Gasteiger partial charge in [-0.1, -0.05) is 43.5 Å². The summed E-state index contributed by atoms with van der Waals surface area (Å²) in [4.78, 5) is 59.5. The first kappa shape index (κ1) is 41.6. The lowest BCUT2D eigenvalue weighted by Gasteiger charge is -2.21. The van der Waals surface area contributed by atoms with Crippen LogP contribution in [0.5, 0.6) is 0 Å². The van der Waals surface area contributed by atoms with E-state index in [0.29, 0.717) is 37.3 Å². The number of anilines is 1. The number of pyridine rings is 1. The Kier molecular flexibility index (Phi) is 12.7. The van der Waals surface area contributed by atoms with Crippen LogP contribution in [0.1, 0.15) is 110 Å². The molecule has 2 aliphatic carbocycles. The van der Waals surface area contributed by atoms with Gasteiger partial charge < -0.3 is 14.5 Å². The van der Waals surface area contributed by atoms with Gasteiger partial charge in [0, 0.05) is 44.1 Å². The van der Waals surface area contributed by atoms with Crippen molar-refractivity contribution < 1.29 is 32.3 Å². The molecular weight excluding hydrogens is 785 g/mol. The van der Waals surface area contributed by atoms with E-state index in [-0.39, 0.29) is 40.9 Å². The van der Waals surface area contributed by atoms with Gasteiger partial charge in [-0.05, 0) is 98.7 Å². The van der Waals surface area contributed by atoms with Gasteiger partial charge in [0.05, 0.1) is 41.1 Å². The lowest BCUT2D eigenvalue weighted by atomic mass is 9.92. The van der Waals surface area contributed by atoms with Crippen LogP contribution in [0.15, 0.2) is 82.5 Å². The standard InChI is InChI=1S/C46H49F2N7O6/c1-53-42-31(8-5-10-39(42)55(46(53)59)38-20-19-35(56)26-40(38)57)9-6-24-60-23-4-2-3-7-29-14-17-34(18-15-29)54-27-36(41(52-54)43(47)48)50-44(58)37-28-61-45(51-37)32-21-22-49-33(25-32)16-13-30-11-12-30/h5,8,10,14-15,17-18,21-22,25,27-28,30,38,43H,2-4,6-7,9,11-13,16,19-20,23-24,26H2,1H3,(H,50,58). The number of halogens is 2. The fourth-order valence-corrected chi connectivity index (χ4v) is 8.13. The van der Waals surface area contributed by atoms with Crippen LogP contribution in [0.25, 0.3) is 28.2 Å². The quantitative estimate of drug-likeness (QED) is 0.0626. The number of amides is 1. The molecule has 8 rings (SSSR count). The maximum absolute atomic E-state index is 14.1. The molecular formula is C46H49F2N7O6. The van der Waals surface area contributed by atoms with Gasteiger partial charge in [0.1, 0.15) is 12.0 Å². The summed E-state index contributed by atoms with van der Waals surface area (Å²) >= 11 is 0. The number of Topliss-reactive ketones (excluding diaryl/α,β-unsaturated/α-hetero) is 2. The molecule has 4 heterocycles. The Morgan fingerprint density at radius 1 is 0.967 bits per heavy atom. The number of para-hydroxylation sites is 1. The second-order valence-corrected chi connectivity index (χ2v) is 16.1. The fourth-order valence-electron chi connectivity index (χ4n) is 8.13. The Morgan fingerprint density at radius 3 is 2.57 bits per heavy atom. The molecule has 0 radical (unpaired) electrons. The number of carbonyl (C=O) groups is 3. The van der Waals surface area contributed by atoms with Crippen molar-refractivity contribution in [2.75, 3.05) is 18.5 Å². The number of nitrogens with one attached hydrogen (secondary N) is 1. The molecule has 2 fully saturated rings. The molecule has 15 heteroatoms. The van der Waals surface area contributed by atoms with Gasteiger partial charge in [0.2, 0.25) is 5.89 Å². The van der Waals surface area contributed by atoms with Gasteiger partial charge >= 0.3 is 5.69 Å². The van der Waals surface area contributed by atoms with Crippen molar-refractivity contribution in [3.63, 3.8) is 0 Å². The smallest absolute Gasteiger partial charge is 0.329 e. The van der Waals surface area contributed by atoms with Crippen LogP contribution in [0.3, 0.4) is 0 Å². The molecule has 0 spiro atoms. The second kappa shape index (κ2) is 18.7. The number of benzene rings is 2. The fraction of sp³-hybridized carbons (Fsp3) is 0.413. The van der Waals surface area contributed by atoms with Crippen molar-refractivity contribution in [2.24, 2.45) is 13.0 Å². The van der Waals surface area contributed by atoms with E-state index in [1.165, 1.54) is 30.0 Å². The Hall–Kier alpha value is -6.09. The zero-order valence-corrected chi connectivity index (χ0v) is 34.2. The van der Waals surface area contributed by atoms with Crippen LogP contribution < -0.4 is 11.0 Å². The minimum Gasteiger partial charge on any atom is -0.444 e. The number of hydrogen-bond donors (Lipinski definition) is 1. The molecule has 1 N–H and O–H groups in total. The predicted molar refractivity (Wildman–Crippen MR) is 224 cm³/mol. The Bertz CT molecular complexity index is 2590. The highest BCUT2D eigenvalue weighted by Crippen LogP contribution is 2.34. The average Bonchev–Trinajstić information content (AvgIpc) is 3.66. The summed E-state index contributed by atoms with van der Waals surface area (Å²) in [7, 11) is 1.73. The summed E-state index contributed by atoms with van der Waals surface area (Å²) in [5.74, 6) is 0.0608. The molecule has 318 valence electrons. The van der Waals surface area contributed by atoms with Crippen molar-refractivity contribution >= 4 is 34.2 Å². The Labute approximate surface area is 351 Å². The number of rotatable bonds is 19. The number of imidazole rings is 1. The number of aryl methyl sites for hydroxylation is 4. The number of ketones is 2. The second-order valence-electron chi connectivity index (χ2n) is 16.1. The van der Waals surface area contributed by atoms with E-state index in [1.807, 2.05) is 48.5 Å². The third kappa shape index (κ3) is 9.77. The first-order valence-electron chi connectivity index (χ1n) is 21.1. The van der Waals surface area contributed by atoms with Crippen LogP contribution in [0, 0.1) is 5.92 Å². The molecule has 1 amide bonds. The molecule has 13 nitrogen and oxygen atoms in total. The van der Waals surface area contributed by atoms with Gasteiger partial charge in [-0.3, -0.25) is 28.5 Å².